The molecule has 0 spiro atoms. The van der Waals surface area contributed by atoms with Gasteiger partial charge in [-0.1, -0.05) is 23.8 Å². The van der Waals surface area contributed by atoms with E-state index >= 15 is 0 Å². The molecule has 0 aliphatic carbocycles. The summed E-state index contributed by atoms with van der Waals surface area (Å²) in [6.45, 7) is 2.55. The van der Waals surface area contributed by atoms with Crippen LogP contribution in [0, 0.1) is 6.92 Å². The van der Waals surface area contributed by atoms with E-state index in [0.29, 0.717) is 6.54 Å². The van der Waals surface area contributed by atoms with E-state index < -0.39 is 0 Å². The molecule has 0 atom stereocenters. The maximum atomic E-state index is 5.76. The van der Waals surface area contributed by atoms with Crippen molar-refractivity contribution in [2.75, 3.05) is 0 Å². The van der Waals surface area contributed by atoms with Crippen LogP contribution in [0.15, 0.2) is 36.8 Å². The first-order valence-electron chi connectivity index (χ1n) is 5.87. The highest BCUT2D eigenvalue weighted by molar-refractivity contribution is 5.93. The largest absolute Gasteiger partial charge is 0.346 e. The van der Waals surface area contributed by atoms with Gasteiger partial charge >= 0.3 is 0 Å². The van der Waals surface area contributed by atoms with Crippen LogP contribution in [0.1, 0.15) is 11.1 Å². The molecule has 0 amide bonds. The molecule has 0 unspecified atom stereocenters. The number of benzene rings is 1. The lowest BCUT2D eigenvalue weighted by molar-refractivity contribution is 1.08. The molecule has 3 N–H and O–H groups in total. The lowest BCUT2D eigenvalue weighted by Gasteiger charge is -2.05. The highest BCUT2D eigenvalue weighted by atomic mass is 14.9. The fraction of sp³-hybridized carbons (Fsp3) is 0.143. The zero-order valence-corrected chi connectivity index (χ0v) is 10.1. The number of aromatic nitrogens is 3. The molecule has 0 radical (unpaired) electrons. The number of nitrogens with zero attached hydrogens (tertiary/aromatic N) is 2. The van der Waals surface area contributed by atoms with Crippen LogP contribution >= 0.6 is 0 Å². The molecule has 2 aromatic heterocycles. The van der Waals surface area contributed by atoms with Crippen molar-refractivity contribution in [2.45, 2.75) is 13.5 Å². The lowest BCUT2D eigenvalue weighted by Crippen LogP contribution is -1.96. The van der Waals surface area contributed by atoms with Crippen LogP contribution in [0.25, 0.3) is 22.3 Å². The quantitative estimate of drug-likeness (QED) is 0.720. The fourth-order valence-corrected chi connectivity index (χ4v) is 2.20. The Morgan fingerprint density at radius 3 is 2.94 bits per heavy atom. The summed E-state index contributed by atoms with van der Waals surface area (Å²) in [5.41, 5.74) is 10.9. The second kappa shape index (κ2) is 4.23. The van der Waals surface area contributed by atoms with Gasteiger partial charge in [0, 0.05) is 23.7 Å². The first-order valence-corrected chi connectivity index (χ1v) is 5.87. The van der Waals surface area contributed by atoms with E-state index in [4.69, 9.17) is 5.73 Å². The third-order valence-electron chi connectivity index (χ3n) is 3.06. The van der Waals surface area contributed by atoms with E-state index in [1.54, 1.807) is 6.33 Å². The van der Waals surface area contributed by atoms with E-state index in [9.17, 15) is 0 Å². The summed E-state index contributed by atoms with van der Waals surface area (Å²) >= 11 is 0. The van der Waals surface area contributed by atoms with Gasteiger partial charge in [0.05, 0.1) is 5.69 Å². The molecule has 0 fully saturated rings. The summed E-state index contributed by atoms with van der Waals surface area (Å²) in [7, 11) is 0. The van der Waals surface area contributed by atoms with Crippen molar-refractivity contribution in [3.05, 3.63) is 47.9 Å². The van der Waals surface area contributed by atoms with Crippen LogP contribution in [-0.4, -0.2) is 15.0 Å². The van der Waals surface area contributed by atoms with Crippen molar-refractivity contribution in [3.8, 4) is 11.3 Å². The van der Waals surface area contributed by atoms with Gasteiger partial charge in [-0.2, -0.15) is 0 Å². The number of aromatic amines is 1. The zero-order chi connectivity index (χ0) is 12.5. The number of nitrogens with two attached hydrogens (primary N) is 1. The van der Waals surface area contributed by atoms with Gasteiger partial charge in [0.25, 0.3) is 0 Å². The van der Waals surface area contributed by atoms with E-state index in [0.717, 1.165) is 27.9 Å². The van der Waals surface area contributed by atoms with Gasteiger partial charge in [-0.25, -0.2) is 9.97 Å². The lowest BCUT2D eigenvalue weighted by atomic mass is 10.0. The number of aryl methyl sites for hydroxylation is 1. The maximum absolute atomic E-state index is 5.76. The SMILES string of the molecule is Cc1cccc(-c2ncnc3[nH]cc(CN)c23)c1. The fourth-order valence-electron chi connectivity index (χ4n) is 2.20. The predicted octanol–water partition coefficient (Wildman–Crippen LogP) is 2.39. The standard InChI is InChI=1S/C14H14N4/c1-9-3-2-4-10(5-9)13-12-11(6-15)7-16-14(12)18-8-17-13/h2-5,7-8H,6,15H2,1H3,(H,16,17,18). The van der Waals surface area contributed by atoms with Gasteiger partial charge in [-0.15, -0.1) is 0 Å². The summed E-state index contributed by atoms with van der Waals surface area (Å²) in [6, 6.07) is 8.29. The Bertz CT molecular complexity index is 700. The molecular formula is C14H14N4. The van der Waals surface area contributed by atoms with Crippen LogP contribution in [0.4, 0.5) is 0 Å². The van der Waals surface area contributed by atoms with Crippen LogP contribution in [0.2, 0.25) is 0 Å². The Balaban J connectivity index is 2.31. The molecule has 90 valence electrons. The van der Waals surface area contributed by atoms with Gasteiger partial charge in [-0.05, 0) is 18.6 Å². The monoisotopic (exact) mass is 238 g/mol. The van der Waals surface area contributed by atoms with E-state index in [1.807, 2.05) is 12.3 Å². The molecule has 0 saturated carbocycles. The number of hydrogen-bond donors (Lipinski definition) is 2. The molecule has 0 aliphatic rings. The second-order valence-corrected chi connectivity index (χ2v) is 4.33. The molecule has 4 heteroatoms. The highest BCUT2D eigenvalue weighted by Gasteiger charge is 2.11. The third-order valence-corrected chi connectivity index (χ3v) is 3.06. The van der Waals surface area contributed by atoms with Crippen molar-refractivity contribution in [1.82, 2.24) is 15.0 Å². The Hall–Kier alpha value is -2.20. The summed E-state index contributed by atoms with van der Waals surface area (Å²) in [4.78, 5) is 11.8. The molecule has 0 aliphatic heterocycles. The minimum atomic E-state index is 0.478. The summed E-state index contributed by atoms with van der Waals surface area (Å²) in [5, 5.41) is 1.02. The molecule has 0 saturated heterocycles. The number of fused-ring (bicyclic) bond motifs is 1. The van der Waals surface area contributed by atoms with E-state index in [1.165, 1.54) is 5.56 Å². The molecule has 2 heterocycles. The average Bonchev–Trinajstić information content (AvgIpc) is 2.81. The Morgan fingerprint density at radius 1 is 1.28 bits per heavy atom. The second-order valence-electron chi connectivity index (χ2n) is 4.33. The normalized spacial score (nSPS) is 11.0. The van der Waals surface area contributed by atoms with E-state index in [-0.39, 0.29) is 0 Å². The third kappa shape index (κ3) is 1.67. The van der Waals surface area contributed by atoms with Gasteiger partial charge in [0.15, 0.2) is 0 Å². The van der Waals surface area contributed by atoms with Gasteiger partial charge in [0.2, 0.25) is 0 Å². The van der Waals surface area contributed by atoms with Gasteiger partial charge in [0.1, 0.15) is 12.0 Å². The van der Waals surface area contributed by atoms with Crippen molar-refractivity contribution >= 4 is 11.0 Å². The maximum Gasteiger partial charge on any atom is 0.141 e. The molecule has 1 aromatic carbocycles. The van der Waals surface area contributed by atoms with Gasteiger partial charge in [-0.3, -0.25) is 0 Å². The summed E-state index contributed by atoms with van der Waals surface area (Å²) in [5.74, 6) is 0. The van der Waals surface area contributed by atoms with Crippen LogP contribution < -0.4 is 5.73 Å². The minimum Gasteiger partial charge on any atom is -0.346 e. The van der Waals surface area contributed by atoms with Crippen LogP contribution in [0.3, 0.4) is 0 Å². The number of rotatable bonds is 2. The number of nitrogens with one attached hydrogen (secondary N) is 1. The Kier molecular flexibility index (Phi) is 2.57. The number of hydrogen-bond acceptors (Lipinski definition) is 3. The van der Waals surface area contributed by atoms with Crippen LogP contribution in [-0.2, 0) is 6.54 Å². The van der Waals surface area contributed by atoms with Crippen molar-refractivity contribution in [3.63, 3.8) is 0 Å². The highest BCUT2D eigenvalue weighted by Crippen LogP contribution is 2.28. The van der Waals surface area contributed by atoms with Gasteiger partial charge < -0.3 is 10.7 Å². The molecule has 18 heavy (non-hydrogen) atoms. The summed E-state index contributed by atoms with van der Waals surface area (Å²) < 4.78 is 0. The van der Waals surface area contributed by atoms with Crippen molar-refractivity contribution in [2.24, 2.45) is 5.73 Å². The molecule has 3 aromatic rings. The zero-order valence-electron chi connectivity index (χ0n) is 10.1. The van der Waals surface area contributed by atoms with Crippen molar-refractivity contribution in [1.29, 1.82) is 0 Å². The predicted molar refractivity (Wildman–Crippen MR) is 72.0 cm³/mol. The van der Waals surface area contributed by atoms with E-state index in [2.05, 4.69) is 40.1 Å². The summed E-state index contributed by atoms with van der Waals surface area (Å²) in [6.07, 6.45) is 3.48. The Morgan fingerprint density at radius 2 is 2.17 bits per heavy atom. The molecule has 4 nitrogen and oxygen atoms in total. The molecular weight excluding hydrogens is 224 g/mol. The molecule has 3 rings (SSSR count). The average molecular weight is 238 g/mol. The van der Waals surface area contributed by atoms with Crippen LogP contribution in [0.5, 0.6) is 0 Å². The minimum absolute atomic E-state index is 0.478. The van der Waals surface area contributed by atoms with Crippen molar-refractivity contribution < 1.29 is 0 Å². The number of H-pyrrole nitrogens is 1. The smallest absolute Gasteiger partial charge is 0.141 e. The first kappa shape index (κ1) is 10.9. The Labute approximate surface area is 105 Å². The molecule has 0 bridgehead atoms. The topological polar surface area (TPSA) is 67.6 Å². The first-order chi connectivity index (χ1) is 8.79.